The number of hydrogen-bond donors (Lipinski definition) is 6. The van der Waals surface area contributed by atoms with Crippen LogP contribution < -0.4 is 0 Å². The minimum absolute atomic E-state index is 0.00608. The van der Waals surface area contributed by atoms with Gasteiger partial charge in [-0.1, -0.05) is 91.9 Å². The third kappa shape index (κ3) is 20.0. The molecule has 0 amide bonds. The van der Waals surface area contributed by atoms with Crippen molar-refractivity contribution >= 4 is 23.9 Å². The molecule has 6 N–H and O–H groups in total. The van der Waals surface area contributed by atoms with E-state index in [1.165, 1.54) is 0 Å². The van der Waals surface area contributed by atoms with Crippen LogP contribution in [0.5, 0.6) is 0 Å². The average molecular weight is 795 g/mol. The van der Waals surface area contributed by atoms with Crippen LogP contribution in [-0.4, -0.2) is 136 Å². The number of ether oxygens (including phenoxy) is 6. The standard InChI is InChI=1S/C39H70O16/c1-5-9-13-14-18-22-32(46)55-38-37(54-31(45)21-17-12-8-4)36(53-30(44)20-16-11-7-3)28(25-50-29(43)19-15-10-6-2)52-39(38)51-24-27(42)34(48)35(49)33(47)26(41)23-40/h26-28,33-42,47-49H,5-25H2,1-4H3/t26-,27+,28+,33+,34+,35+,36+,37-,38-,39+/m0/s1. The van der Waals surface area contributed by atoms with Crippen molar-refractivity contribution in [2.45, 2.75) is 204 Å². The number of esters is 4. The van der Waals surface area contributed by atoms with Gasteiger partial charge in [0, 0.05) is 25.7 Å². The largest absolute Gasteiger partial charge is 0.463 e. The molecule has 0 aromatic heterocycles. The van der Waals surface area contributed by atoms with Crippen LogP contribution in [0.3, 0.4) is 0 Å². The number of carbonyl (C=O) groups is 4. The summed E-state index contributed by atoms with van der Waals surface area (Å²) in [5.41, 5.74) is 0. The highest BCUT2D eigenvalue weighted by Gasteiger charge is 2.53. The van der Waals surface area contributed by atoms with Crippen LogP contribution in [0.25, 0.3) is 0 Å². The minimum Gasteiger partial charge on any atom is -0.463 e. The van der Waals surface area contributed by atoms with Gasteiger partial charge in [-0.05, 0) is 25.7 Å². The van der Waals surface area contributed by atoms with E-state index in [1.807, 2.05) is 20.8 Å². The van der Waals surface area contributed by atoms with Gasteiger partial charge in [0.2, 0.25) is 0 Å². The smallest absolute Gasteiger partial charge is 0.306 e. The Hall–Kier alpha value is -2.44. The second-order valence-corrected chi connectivity index (χ2v) is 14.2. The molecule has 0 aliphatic carbocycles. The molecule has 0 spiro atoms. The Morgan fingerprint density at radius 3 is 1.45 bits per heavy atom. The Bertz CT molecular complexity index is 1060. The van der Waals surface area contributed by atoms with E-state index in [-0.39, 0.29) is 25.7 Å². The fourth-order valence-electron chi connectivity index (χ4n) is 5.92. The molecule has 0 bridgehead atoms. The summed E-state index contributed by atoms with van der Waals surface area (Å²) in [6, 6.07) is 0. The molecule has 1 rings (SSSR count). The quantitative estimate of drug-likeness (QED) is 0.0336. The summed E-state index contributed by atoms with van der Waals surface area (Å²) in [6.07, 6.45) is -6.89. The van der Waals surface area contributed by atoms with Gasteiger partial charge in [0.15, 0.2) is 24.6 Å². The number of carbonyl (C=O) groups excluding carboxylic acids is 4. The van der Waals surface area contributed by atoms with Gasteiger partial charge in [-0.15, -0.1) is 0 Å². The first-order valence-electron chi connectivity index (χ1n) is 20.4. The first-order chi connectivity index (χ1) is 26.3. The molecule has 0 saturated carbocycles. The van der Waals surface area contributed by atoms with E-state index in [9.17, 15) is 44.7 Å². The fraction of sp³-hybridized carbons (Fsp3) is 0.897. The summed E-state index contributed by atoms with van der Waals surface area (Å²) in [5, 5.41) is 60.5. The SMILES string of the molecule is CCCCCCCC(=O)O[C@@H]1[C@H](OC[C@@H](O)[C@@H](O)[C@H](O)[C@H](O)[C@@H](O)CO)O[C@H](COC(=O)CCCCC)[C@@H](OC(=O)CCCCC)[C@@H]1OC(=O)CCCCC. The van der Waals surface area contributed by atoms with Crippen LogP contribution in [0.1, 0.15) is 143 Å². The predicted molar refractivity (Wildman–Crippen MR) is 198 cm³/mol. The van der Waals surface area contributed by atoms with E-state index in [0.717, 1.165) is 64.2 Å². The van der Waals surface area contributed by atoms with Crippen LogP contribution in [0.2, 0.25) is 0 Å². The lowest BCUT2D eigenvalue weighted by atomic mass is 9.97. The van der Waals surface area contributed by atoms with Gasteiger partial charge in [0.05, 0.1) is 13.2 Å². The Balaban J connectivity index is 3.58. The Labute approximate surface area is 326 Å². The summed E-state index contributed by atoms with van der Waals surface area (Å²) >= 11 is 0. The van der Waals surface area contributed by atoms with Crippen molar-refractivity contribution in [2.75, 3.05) is 19.8 Å². The molecule has 322 valence electrons. The van der Waals surface area contributed by atoms with Crippen molar-refractivity contribution in [3.05, 3.63) is 0 Å². The molecule has 0 unspecified atom stereocenters. The number of aliphatic hydroxyl groups excluding tert-OH is 6. The number of hydrogen-bond acceptors (Lipinski definition) is 16. The van der Waals surface area contributed by atoms with Gasteiger partial charge in [0.1, 0.15) is 43.2 Å². The summed E-state index contributed by atoms with van der Waals surface area (Å²) < 4.78 is 35.2. The topological polar surface area (TPSA) is 245 Å². The van der Waals surface area contributed by atoms with E-state index in [4.69, 9.17) is 33.5 Å². The van der Waals surface area contributed by atoms with E-state index >= 15 is 0 Å². The molecule has 16 nitrogen and oxygen atoms in total. The highest BCUT2D eigenvalue weighted by molar-refractivity contribution is 5.72. The average Bonchev–Trinajstić information content (AvgIpc) is 3.16. The zero-order valence-corrected chi connectivity index (χ0v) is 33.4. The second kappa shape index (κ2) is 29.8. The van der Waals surface area contributed by atoms with Crippen LogP contribution in [0.15, 0.2) is 0 Å². The van der Waals surface area contributed by atoms with Crippen molar-refractivity contribution in [2.24, 2.45) is 0 Å². The van der Waals surface area contributed by atoms with E-state index in [1.54, 1.807) is 0 Å². The molecule has 16 heteroatoms. The molecular formula is C39H70O16. The second-order valence-electron chi connectivity index (χ2n) is 14.2. The lowest BCUT2D eigenvalue weighted by Gasteiger charge is -2.44. The first kappa shape index (κ1) is 50.6. The van der Waals surface area contributed by atoms with Gasteiger partial charge < -0.3 is 59.1 Å². The van der Waals surface area contributed by atoms with Crippen molar-refractivity contribution in [3.63, 3.8) is 0 Å². The Kier molecular flexibility index (Phi) is 27.4. The lowest BCUT2D eigenvalue weighted by Crippen LogP contribution is -2.63. The Morgan fingerprint density at radius 1 is 0.527 bits per heavy atom. The van der Waals surface area contributed by atoms with Gasteiger partial charge in [-0.25, -0.2) is 0 Å². The van der Waals surface area contributed by atoms with Crippen molar-refractivity contribution < 1.29 is 78.2 Å². The maximum absolute atomic E-state index is 13.3. The summed E-state index contributed by atoms with van der Waals surface area (Å²) in [4.78, 5) is 52.5. The monoisotopic (exact) mass is 794 g/mol. The molecule has 0 aromatic carbocycles. The molecule has 0 radical (unpaired) electrons. The maximum atomic E-state index is 13.3. The Morgan fingerprint density at radius 2 is 0.945 bits per heavy atom. The van der Waals surface area contributed by atoms with Gasteiger partial charge >= 0.3 is 23.9 Å². The molecule has 1 fully saturated rings. The molecule has 1 saturated heterocycles. The van der Waals surface area contributed by atoms with Gasteiger partial charge in [0.25, 0.3) is 0 Å². The highest BCUT2D eigenvalue weighted by Crippen LogP contribution is 2.31. The van der Waals surface area contributed by atoms with Crippen LogP contribution in [-0.2, 0) is 47.6 Å². The van der Waals surface area contributed by atoms with E-state index in [0.29, 0.717) is 25.7 Å². The fourth-order valence-corrected chi connectivity index (χ4v) is 5.92. The molecule has 10 atom stereocenters. The summed E-state index contributed by atoms with van der Waals surface area (Å²) in [6.45, 7) is 5.74. The van der Waals surface area contributed by atoms with Gasteiger partial charge in [-0.3, -0.25) is 19.2 Å². The molecule has 0 aromatic rings. The van der Waals surface area contributed by atoms with Crippen LogP contribution >= 0.6 is 0 Å². The molecular weight excluding hydrogens is 724 g/mol. The van der Waals surface area contributed by atoms with Crippen molar-refractivity contribution in [1.82, 2.24) is 0 Å². The van der Waals surface area contributed by atoms with Crippen LogP contribution in [0.4, 0.5) is 0 Å². The van der Waals surface area contributed by atoms with Gasteiger partial charge in [-0.2, -0.15) is 0 Å². The highest BCUT2D eigenvalue weighted by atomic mass is 16.7. The van der Waals surface area contributed by atoms with E-state index in [2.05, 4.69) is 6.92 Å². The normalized spacial score (nSPS) is 22.5. The molecule has 1 aliphatic heterocycles. The van der Waals surface area contributed by atoms with Crippen molar-refractivity contribution in [3.8, 4) is 0 Å². The summed E-state index contributed by atoms with van der Waals surface area (Å²) in [5.74, 6) is -2.58. The third-order valence-electron chi connectivity index (χ3n) is 9.35. The zero-order chi connectivity index (χ0) is 41.2. The van der Waals surface area contributed by atoms with E-state index < -0.39 is 105 Å². The minimum atomic E-state index is -2.12. The first-order valence-corrected chi connectivity index (χ1v) is 20.4. The predicted octanol–water partition coefficient (Wildman–Crippen LogP) is 2.90. The molecule has 55 heavy (non-hydrogen) atoms. The third-order valence-corrected chi connectivity index (χ3v) is 9.35. The van der Waals surface area contributed by atoms with Crippen LogP contribution in [0, 0.1) is 0 Å². The molecule has 1 heterocycles. The molecule has 1 aliphatic rings. The maximum Gasteiger partial charge on any atom is 0.306 e. The van der Waals surface area contributed by atoms with Crippen molar-refractivity contribution in [1.29, 1.82) is 0 Å². The number of unbranched alkanes of at least 4 members (excludes halogenated alkanes) is 10. The zero-order valence-electron chi connectivity index (χ0n) is 33.4. The lowest BCUT2D eigenvalue weighted by molar-refractivity contribution is -0.313. The number of rotatable bonds is 31. The summed E-state index contributed by atoms with van der Waals surface area (Å²) in [7, 11) is 0. The number of aliphatic hydroxyl groups is 6.